The average Bonchev–Trinajstić information content (AvgIpc) is 2.81. The number of aromatic nitrogens is 1. The number of hydrogen-bond acceptors (Lipinski definition) is 6. The van der Waals surface area contributed by atoms with Crippen molar-refractivity contribution < 1.29 is 17.9 Å². The zero-order chi connectivity index (χ0) is 23.9. The van der Waals surface area contributed by atoms with Crippen LogP contribution in [0.15, 0.2) is 53.1 Å². The van der Waals surface area contributed by atoms with E-state index < -0.39 is 10.0 Å². The zero-order valence-corrected chi connectivity index (χ0v) is 19.7. The van der Waals surface area contributed by atoms with E-state index in [1.807, 2.05) is 36.1 Å². The molecule has 9 heteroatoms. The molecule has 0 spiro atoms. The normalized spacial score (nSPS) is 19.4. The Morgan fingerprint density at radius 1 is 1.18 bits per heavy atom. The molecule has 1 amide bonds. The molecule has 8 nitrogen and oxygen atoms in total. The molecule has 3 aromatic rings. The van der Waals surface area contributed by atoms with E-state index in [9.17, 15) is 13.2 Å². The predicted octanol–water partition coefficient (Wildman–Crippen LogP) is 3.17. The maximum Gasteiger partial charge on any atom is 0.259 e. The van der Waals surface area contributed by atoms with Crippen LogP contribution in [0.2, 0.25) is 0 Å². The number of piperidine rings is 1. The standard InChI is InChI=1S/C25H26N4O4S/c1-16-13-27-20-10-3-2-9-19(20)22(16)25(30)29-12-5-4-8-18(29)14-33-21-11-6-7-17-15-34(31,32)28-24(26)23(17)21/h2-3,6-7,9-11,13,18H,4-5,8,12,14-15H2,1H3,(H2,26,28)/t18-/m1/s1. The molecule has 0 unspecified atom stereocenters. The molecule has 2 N–H and O–H groups in total. The van der Waals surface area contributed by atoms with Gasteiger partial charge in [-0.3, -0.25) is 9.78 Å². The second-order valence-corrected chi connectivity index (χ2v) is 10.4. The van der Waals surface area contributed by atoms with Crippen LogP contribution < -0.4 is 10.5 Å². The van der Waals surface area contributed by atoms with Gasteiger partial charge in [0.05, 0.1) is 28.4 Å². The Labute approximate surface area is 198 Å². The summed E-state index contributed by atoms with van der Waals surface area (Å²) in [5, 5.41) is 0.847. The van der Waals surface area contributed by atoms with E-state index in [4.69, 9.17) is 10.5 Å². The summed E-state index contributed by atoms with van der Waals surface area (Å²) < 4.78 is 33.7. The molecular weight excluding hydrogens is 452 g/mol. The van der Waals surface area contributed by atoms with Gasteiger partial charge in [0.1, 0.15) is 18.2 Å². The minimum absolute atomic E-state index is 0.0216. The molecule has 0 saturated carbocycles. The van der Waals surface area contributed by atoms with E-state index >= 15 is 0 Å². The third kappa shape index (κ3) is 4.11. The van der Waals surface area contributed by atoms with Crippen LogP contribution in [0, 0.1) is 6.92 Å². The molecular formula is C25H26N4O4S. The Kier molecular flexibility index (Phi) is 5.73. The van der Waals surface area contributed by atoms with Gasteiger partial charge in [-0.1, -0.05) is 30.3 Å². The molecule has 0 radical (unpaired) electrons. The largest absolute Gasteiger partial charge is 0.491 e. The lowest BCUT2D eigenvalue weighted by molar-refractivity contribution is 0.0529. The second kappa shape index (κ2) is 8.72. The van der Waals surface area contributed by atoms with Crippen molar-refractivity contribution in [1.29, 1.82) is 0 Å². The summed E-state index contributed by atoms with van der Waals surface area (Å²) in [5.41, 5.74) is 9.37. The van der Waals surface area contributed by atoms with E-state index in [-0.39, 0.29) is 30.1 Å². The number of amidine groups is 1. The van der Waals surface area contributed by atoms with Crippen molar-refractivity contribution in [1.82, 2.24) is 9.88 Å². The molecule has 0 bridgehead atoms. The highest BCUT2D eigenvalue weighted by Crippen LogP contribution is 2.30. The number of amides is 1. The summed E-state index contributed by atoms with van der Waals surface area (Å²) >= 11 is 0. The smallest absolute Gasteiger partial charge is 0.259 e. The SMILES string of the molecule is Cc1cnc2ccccc2c1C(=O)N1CCCC[C@@H]1COc1cccc2c1C(N)=NS(=O)(=O)C2. The first-order valence-electron chi connectivity index (χ1n) is 11.3. The molecule has 3 heterocycles. The quantitative estimate of drug-likeness (QED) is 0.616. The maximum atomic E-state index is 13.7. The van der Waals surface area contributed by atoms with E-state index in [0.717, 1.165) is 35.7 Å². The van der Waals surface area contributed by atoms with Crippen molar-refractivity contribution in [3.8, 4) is 5.75 Å². The molecule has 1 atom stereocenters. The summed E-state index contributed by atoms with van der Waals surface area (Å²) in [6.45, 7) is 2.84. The predicted molar refractivity (Wildman–Crippen MR) is 130 cm³/mol. The molecule has 2 aromatic carbocycles. The van der Waals surface area contributed by atoms with Crippen molar-refractivity contribution in [2.45, 2.75) is 38.0 Å². The summed E-state index contributed by atoms with van der Waals surface area (Å²) in [5.74, 6) is 0.194. The molecule has 2 aliphatic rings. The first-order valence-corrected chi connectivity index (χ1v) is 12.9. The number of rotatable bonds is 4. The first kappa shape index (κ1) is 22.3. The Bertz CT molecular complexity index is 1420. The number of carbonyl (C=O) groups is 1. The number of nitrogens with two attached hydrogens (primary N) is 1. The topological polar surface area (TPSA) is 115 Å². The molecule has 2 aliphatic heterocycles. The van der Waals surface area contributed by atoms with Crippen LogP contribution in [0.1, 0.15) is 46.3 Å². The van der Waals surface area contributed by atoms with Crippen molar-refractivity contribution >= 4 is 32.7 Å². The van der Waals surface area contributed by atoms with Crippen molar-refractivity contribution in [2.75, 3.05) is 13.2 Å². The van der Waals surface area contributed by atoms with Gasteiger partial charge in [-0.15, -0.1) is 4.40 Å². The number of carbonyl (C=O) groups excluding carboxylic acids is 1. The number of aryl methyl sites for hydroxylation is 1. The highest BCUT2D eigenvalue weighted by molar-refractivity contribution is 7.89. The number of likely N-dealkylation sites (tertiary alicyclic amines) is 1. The number of fused-ring (bicyclic) bond motifs is 2. The lowest BCUT2D eigenvalue weighted by Crippen LogP contribution is -2.47. The third-order valence-electron chi connectivity index (χ3n) is 6.44. The van der Waals surface area contributed by atoms with Crippen LogP contribution in [0.3, 0.4) is 0 Å². The average molecular weight is 479 g/mol. The third-order valence-corrected chi connectivity index (χ3v) is 7.59. The lowest BCUT2D eigenvalue weighted by Gasteiger charge is -2.36. The first-order chi connectivity index (χ1) is 16.3. The summed E-state index contributed by atoms with van der Waals surface area (Å²) in [4.78, 5) is 20.1. The Morgan fingerprint density at radius 3 is 2.85 bits per heavy atom. The molecule has 5 rings (SSSR count). The summed E-state index contributed by atoms with van der Waals surface area (Å²) in [7, 11) is -3.62. The minimum Gasteiger partial charge on any atom is -0.491 e. The second-order valence-electron chi connectivity index (χ2n) is 8.79. The van der Waals surface area contributed by atoms with Crippen molar-refractivity contribution in [2.24, 2.45) is 10.1 Å². The van der Waals surface area contributed by atoms with Gasteiger partial charge in [-0.25, -0.2) is 8.42 Å². The number of para-hydroxylation sites is 1. The van der Waals surface area contributed by atoms with Gasteiger partial charge >= 0.3 is 0 Å². The number of nitrogens with zero attached hydrogens (tertiary/aromatic N) is 3. The van der Waals surface area contributed by atoms with Crippen LogP contribution in [0.4, 0.5) is 0 Å². The molecule has 176 valence electrons. The van der Waals surface area contributed by atoms with Gasteiger partial charge in [0.2, 0.25) is 0 Å². The van der Waals surface area contributed by atoms with E-state index in [2.05, 4.69) is 9.38 Å². The van der Waals surface area contributed by atoms with E-state index in [1.165, 1.54) is 0 Å². The van der Waals surface area contributed by atoms with Crippen LogP contribution in [0.5, 0.6) is 5.75 Å². The number of hydrogen-bond donors (Lipinski definition) is 1. The van der Waals surface area contributed by atoms with E-state index in [0.29, 0.717) is 29.0 Å². The number of sulfonamides is 1. The lowest BCUT2D eigenvalue weighted by atomic mass is 9.98. The van der Waals surface area contributed by atoms with Gasteiger partial charge < -0.3 is 15.4 Å². The maximum absolute atomic E-state index is 13.7. The minimum atomic E-state index is -3.62. The Balaban J connectivity index is 1.42. The van der Waals surface area contributed by atoms with Crippen LogP contribution in [0.25, 0.3) is 10.9 Å². The van der Waals surface area contributed by atoms with Gasteiger partial charge in [-0.2, -0.15) is 0 Å². The summed E-state index contributed by atoms with van der Waals surface area (Å²) in [6.07, 6.45) is 4.50. The highest BCUT2D eigenvalue weighted by Gasteiger charge is 2.31. The van der Waals surface area contributed by atoms with Crippen molar-refractivity contribution in [3.05, 3.63) is 70.9 Å². The van der Waals surface area contributed by atoms with Gasteiger partial charge in [-0.05, 0) is 49.4 Å². The fraction of sp³-hybridized carbons (Fsp3) is 0.320. The highest BCUT2D eigenvalue weighted by atomic mass is 32.2. The zero-order valence-electron chi connectivity index (χ0n) is 18.9. The van der Waals surface area contributed by atoms with E-state index in [1.54, 1.807) is 24.4 Å². The number of benzene rings is 2. The Morgan fingerprint density at radius 2 is 2.00 bits per heavy atom. The monoisotopic (exact) mass is 478 g/mol. The summed E-state index contributed by atoms with van der Waals surface area (Å²) in [6, 6.07) is 12.8. The van der Waals surface area contributed by atoms with Gasteiger partial charge in [0.25, 0.3) is 15.9 Å². The Hall–Kier alpha value is -3.46. The number of ether oxygens (including phenoxy) is 1. The molecule has 34 heavy (non-hydrogen) atoms. The van der Waals surface area contributed by atoms with Gasteiger partial charge in [0, 0.05) is 18.1 Å². The van der Waals surface area contributed by atoms with Crippen LogP contribution in [-0.4, -0.2) is 49.2 Å². The van der Waals surface area contributed by atoms with Gasteiger partial charge in [0.15, 0.2) is 0 Å². The number of pyridine rings is 1. The molecule has 0 aliphatic carbocycles. The fourth-order valence-electron chi connectivity index (χ4n) is 4.83. The van der Waals surface area contributed by atoms with Crippen LogP contribution in [-0.2, 0) is 15.8 Å². The molecule has 1 fully saturated rings. The van der Waals surface area contributed by atoms with Crippen LogP contribution >= 0.6 is 0 Å². The fourth-order valence-corrected chi connectivity index (χ4v) is 5.92. The molecule has 1 saturated heterocycles. The van der Waals surface area contributed by atoms with Crippen molar-refractivity contribution in [3.63, 3.8) is 0 Å². The molecule has 1 aromatic heterocycles.